The minimum atomic E-state index is -0.284. The lowest BCUT2D eigenvalue weighted by Crippen LogP contribution is -2.47. The van der Waals surface area contributed by atoms with E-state index in [-0.39, 0.29) is 18.0 Å². The van der Waals surface area contributed by atoms with Crippen LogP contribution in [0.5, 0.6) is 0 Å². The smallest absolute Gasteiger partial charge is 0.170 e. The first kappa shape index (κ1) is 16.8. The number of nitrogens with two attached hydrogens (primary N) is 1. The average Bonchev–Trinajstić information content (AvgIpc) is 2.49. The van der Waals surface area contributed by atoms with Crippen LogP contribution in [0.25, 0.3) is 0 Å². The van der Waals surface area contributed by atoms with E-state index in [1.165, 1.54) is 0 Å². The Bertz CT molecular complexity index is 465. The fraction of sp³-hybridized carbons (Fsp3) is 0.500. The van der Waals surface area contributed by atoms with Crippen LogP contribution >= 0.6 is 11.6 Å². The number of benzene rings is 1. The SMILES string of the molecule is CCC(CC)(CO)NCc1ccc(/C(N)=N/O)cc1Cl. The van der Waals surface area contributed by atoms with Crippen LogP contribution in [0, 0.1) is 0 Å². The zero-order chi connectivity index (χ0) is 15.2. The van der Waals surface area contributed by atoms with Gasteiger partial charge in [0.15, 0.2) is 5.84 Å². The van der Waals surface area contributed by atoms with Crippen molar-refractivity contribution in [2.24, 2.45) is 10.9 Å². The second kappa shape index (κ2) is 7.47. The van der Waals surface area contributed by atoms with E-state index < -0.39 is 0 Å². The highest BCUT2D eigenvalue weighted by Crippen LogP contribution is 2.20. The Morgan fingerprint density at radius 3 is 2.50 bits per heavy atom. The molecule has 5 nitrogen and oxygen atoms in total. The van der Waals surface area contributed by atoms with E-state index in [2.05, 4.69) is 10.5 Å². The van der Waals surface area contributed by atoms with Crippen LogP contribution in [0.1, 0.15) is 37.8 Å². The number of aliphatic hydroxyl groups excluding tert-OH is 1. The number of nitrogens with zero attached hydrogens (tertiary/aromatic N) is 1. The molecule has 0 fully saturated rings. The monoisotopic (exact) mass is 299 g/mol. The van der Waals surface area contributed by atoms with Crippen LogP contribution in [-0.4, -0.2) is 28.3 Å². The molecule has 0 heterocycles. The standard InChI is InChI=1S/C14H22ClN3O2/c1-3-14(4-2,9-19)17-8-11-6-5-10(7-12(11)15)13(16)18-20/h5-7,17,19-20H,3-4,8-9H2,1-2H3,(H2,16,18). The molecule has 0 aromatic heterocycles. The number of hydrogen-bond donors (Lipinski definition) is 4. The molecule has 1 rings (SSSR count). The molecule has 1 aromatic rings. The van der Waals surface area contributed by atoms with E-state index in [9.17, 15) is 5.11 Å². The van der Waals surface area contributed by atoms with Crippen molar-refractivity contribution in [3.8, 4) is 0 Å². The number of hydrogen-bond acceptors (Lipinski definition) is 4. The molecule has 0 bridgehead atoms. The first-order chi connectivity index (χ1) is 9.51. The quantitative estimate of drug-likeness (QED) is 0.268. The highest BCUT2D eigenvalue weighted by Gasteiger charge is 2.24. The highest BCUT2D eigenvalue weighted by molar-refractivity contribution is 6.31. The van der Waals surface area contributed by atoms with Crippen LogP contribution < -0.4 is 11.1 Å². The van der Waals surface area contributed by atoms with Gasteiger partial charge in [0, 0.05) is 22.7 Å². The van der Waals surface area contributed by atoms with Crippen LogP contribution in [0.3, 0.4) is 0 Å². The molecule has 0 amide bonds. The van der Waals surface area contributed by atoms with Gasteiger partial charge in [-0.2, -0.15) is 0 Å². The predicted molar refractivity (Wildman–Crippen MR) is 81.2 cm³/mol. The van der Waals surface area contributed by atoms with E-state index in [1.807, 2.05) is 19.9 Å². The molecule has 20 heavy (non-hydrogen) atoms. The van der Waals surface area contributed by atoms with Gasteiger partial charge >= 0.3 is 0 Å². The lowest BCUT2D eigenvalue weighted by atomic mass is 9.93. The molecule has 0 atom stereocenters. The Labute approximate surface area is 124 Å². The summed E-state index contributed by atoms with van der Waals surface area (Å²) in [5, 5.41) is 25.0. The topological polar surface area (TPSA) is 90.9 Å². The highest BCUT2D eigenvalue weighted by atomic mass is 35.5. The van der Waals surface area contributed by atoms with Gasteiger partial charge in [0.2, 0.25) is 0 Å². The van der Waals surface area contributed by atoms with Gasteiger partial charge in [0.25, 0.3) is 0 Å². The molecule has 0 aliphatic carbocycles. The molecule has 0 saturated carbocycles. The Kier molecular flexibility index (Phi) is 6.26. The van der Waals surface area contributed by atoms with Crippen molar-refractivity contribution < 1.29 is 10.3 Å². The first-order valence-corrected chi connectivity index (χ1v) is 7.02. The lowest BCUT2D eigenvalue weighted by Gasteiger charge is -2.31. The van der Waals surface area contributed by atoms with Gasteiger partial charge in [-0.1, -0.05) is 42.7 Å². The number of halogens is 1. The predicted octanol–water partition coefficient (Wildman–Crippen LogP) is 2.08. The molecule has 0 aliphatic rings. The van der Waals surface area contributed by atoms with E-state index in [0.717, 1.165) is 18.4 Å². The molecule has 5 N–H and O–H groups in total. The number of rotatable bonds is 7. The minimum Gasteiger partial charge on any atom is -0.409 e. The minimum absolute atomic E-state index is 0.0261. The third-order valence-corrected chi connectivity index (χ3v) is 4.12. The first-order valence-electron chi connectivity index (χ1n) is 6.64. The molecular formula is C14H22ClN3O2. The third-order valence-electron chi connectivity index (χ3n) is 3.77. The molecule has 0 radical (unpaired) electrons. The summed E-state index contributed by atoms with van der Waals surface area (Å²) < 4.78 is 0. The lowest BCUT2D eigenvalue weighted by molar-refractivity contribution is 0.149. The summed E-state index contributed by atoms with van der Waals surface area (Å²) in [6.07, 6.45) is 1.67. The molecular weight excluding hydrogens is 278 g/mol. The Morgan fingerprint density at radius 1 is 1.40 bits per heavy atom. The van der Waals surface area contributed by atoms with Crippen molar-refractivity contribution in [1.82, 2.24) is 5.32 Å². The summed E-state index contributed by atoms with van der Waals surface area (Å²) in [5.74, 6) is 0.0261. The van der Waals surface area contributed by atoms with Gasteiger partial charge < -0.3 is 21.4 Å². The summed E-state index contributed by atoms with van der Waals surface area (Å²) >= 11 is 6.19. The van der Waals surface area contributed by atoms with Crippen molar-refractivity contribution >= 4 is 17.4 Å². The van der Waals surface area contributed by atoms with E-state index in [4.69, 9.17) is 22.5 Å². The van der Waals surface area contributed by atoms with E-state index in [1.54, 1.807) is 12.1 Å². The maximum atomic E-state index is 9.52. The number of aliphatic hydroxyl groups is 1. The summed E-state index contributed by atoms with van der Waals surface area (Å²) in [5.41, 5.74) is 6.70. The summed E-state index contributed by atoms with van der Waals surface area (Å²) in [7, 11) is 0. The molecule has 6 heteroatoms. The van der Waals surface area contributed by atoms with Crippen LogP contribution in [0.4, 0.5) is 0 Å². The number of nitrogens with one attached hydrogen (secondary N) is 1. The van der Waals surface area contributed by atoms with Gasteiger partial charge in [-0.15, -0.1) is 0 Å². The van der Waals surface area contributed by atoms with Crippen molar-refractivity contribution in [1.29, 1.82) is 0 Å². The van der Waals surface area contributed by atoms with Crippen molar-refractivity contribution in [3.05, 3.63) is 34.3 Å². The summed E-state index contributed by atoms with van der Waals surface area (Å²) in [6.45, 7) is 4.71. The second-order valence-corrected chi connectivity index (χ2v) is 5.20. The molecule has 112 valence electrons. The Hall–Kier alpha value is -1.30. The van der Waals surface area contributed by atoms with Gasteiger partial charge in [-0.05, 0) is 24.5 Å². The Morgan fingerprint density at radius 2 is 2.05 bits per heavy atom. The average molecular weight is 300 g/mol. The zero-order valence-corrected chi connectivity index (χ0v) is 12.6. The van der Waals surface area contributed by atoms with Gasteiger partial charge in [0.05, 0.1) is 6.61 Å². The fourth-order valence-electron chi connectivity index (χ4n) is 1.97. The van der Waals surface area contributed by atoms with Crippen molar-refractivity contribution in [3.63, 3.8) is 0 Å². The zero-order valence-electron chi connectivity index (χ0n) is 11.9. The van der Waals surface area contributed by atoms with Crippen LogP contribution in [-0.2, 0) is 6.54 Å². The fourth-order valence-corrected chi connectivity index (χ4v) is 2.22. The normalized spacial score (nSPS) is 12.7. The summed E-state index contributed by atoms with van der Waals surface area (Å²) in [6, 6.07) is 5.23. The maximum absolute atomic E-state index is 9.52. The molecule has 0 unspecified atom stereocenters. The molecule has 0 aliphatic heterocycles. The summed E-state index contributed by atoms with van der Waals surface area (Å²) in [4.78, 5) is 0. The van der Waals surface area contributed by atoms with Gasteiger partial charge in [-0.3, -0.25) is 0 Å². The van der Waals surface area contributed by atoms with Crippen LogP contribution in [0.15, 0.2) is 23.4 Å². The number of oxime groups is 1. The molecule has 0 saturated heterocycles. The Balaban J connectivity index is 2.84. The largest absolute Gasteiger partial charge is 0.409 e. The molecule has 1 aromatic carbocycles. The number of amidine groups is 1. The van der Waals surface area contributed by atoms with Gasteiger partial charge in [0.1, 0.15) is 0 Å². The third kappa shape index (κ3) is 3.85. The molecule has 0 spiro atoms. The van der Waals surface area contributed by atoms with Crippen LogP contribution in [0.2, 0.25) is 5.02 Å². The second-order valence-electron chi connectivity index (χ2n) is 4.79. The van der Waals surface area contributed by atoms with E-state index >= 15 is 0 Å². The van der Waals surface area contributed by atoms with Crippen molar-refractivity contribution in [2.75, 3.05) is 6.61 Å². The maximum Gasteiger partial charge on any atom is 0.170 e. The van der Waals surface area contributed by atoms with E-state index in [0.29, 0.717) is 17.1 Å². The van der Waals surface area contributed by atoms with Crippen molar-refractivity contribution in [2.45, 2.75) is 38.8 Å². The van der Waals surface area contributed by atoms with Gasteiger partial charge in [-0.25, -0.2) is 0 Å².